The Bertz CT molecular complexity index is 886. The van der Waals surface area contributed by atoms with Gasteiger partial charge in [0.1, 0.15) is 11.6 Å². The summed E-state index contributed by atoms with van der Waals surface area (Å²) in [5.74, 6) is -1.39. The number of carbonyl (C=O) groups is 2. The van der Waals surface area contributed by atoms with Crippen LogP contribution in [0.15, 0.2) is 48.5 Å². The van der Waals surface area contributed by atoms with Gasteiger partial charge in [0.25, 0.3) is 11.8 Å². The zero-order valence-corrected chi connectivity index (χ0v) is 17.2. The average molecular weight is 416 g/mol. The van der Waals surface area contributed by atoms with Gasteiger partial charge >= 0.3 is 0 Å². The van der Waals surface area contributed by atoms with Crippen LogP contribution in [-0.2, 0) is 4.74 Å². The maximum absolute atomic E-state index is 14.1. The quantitative estimate of drug-likeness (QED) is 0.723. The van der Waals surface area contributed by atoms with Gasteiger partial charge in [0.05, 0.1) is 18.3 Å². The number of hydrogen-bond donors (Lipinski definition) is 0. The summed E-state index contributed by atoms with van der Waals surface area (Å²) in [4.78, 5) is 28.9. The van der Waals surface area contributed by atoms with E-state index in [0.29, 0.717) is 31.8 Å². The minimum Gasteiger partial charge on any atom is -0.373 e. The fourth-order valence-corrected chi connectivity index (χ4v) is 3.52. The Morgan fingerprint density at radius 1 is 1.13 bits per heavy atom. The van der Waals surface area contributed by atoms with Gasteiger partial charge < -0.3 is 14.5 Å². The Balaban J connectivity index is 1.71. The molecule has 2 aromatic rings. The zero-order chi connectivity index (χ0) is 21.7. The molecular weight excluding hydrogens is 390 g/mol. The number of carbonyl (C=O) groups excluding carboxylic acids is 2. The van der Waals surface area contributed by atoms with Gasteiger partial charge in [0.15, 0.2) is 0 Å². The van der Waals surface area contributed by atoms with Crippen molar-refractivity contribution in [1.29, 1.82) is 0 Å². The van der Waals surface area contributed by atoms with Crippen molar-refractivity contribution in [3.63, 3.8) is 0 Å². The van der Waals surface area contributed by atoms with E-state index in [1.54, 1.807) is 21.9 Å². The monoisotopic (exact) mass is 416 g/mol. The molecule has 1 saturated heterocycles. The van der Waals surface area contributed by atoms with Crippen molar-refractivity contribution in [1.82, 2.24) is 9.80 Å². The van der Waals surface area contributed by atoms with E-state index < -0.39 is 23.6 Å². The van der Waals surface area contributed by atoms with E-state index >= 15 is 0 Å². The van der Waals surface area contributed by atoms with Gasteiger partial charge in [-0.15, -0.1) is 0 Å². The molecule has 1 heterocycles. The van der Waals surface area contributed by atoms with Gasteiger partial charge in [-0.25, -0.2) is 8.78 Å². The van der Waals surface area contributed by atoms with E-state index in [-0.39, 0.29) is 23.9 Å². The minimum absolute atomic E-state index is 0.0215. The Labute approximate surface area is 175 Å². The predicted molar refractivity (Wildman–Crippen MR) is 109 cm³/mol. The number of benzene rings is 2. The number of nitrogens with zero attached hydrogens (tertiary/aromatic N) is 2. The van der Waals surface area contributed by atoms with Crippen LogP contribution in [0.25, 0.3) is 0 Å². The summed E-state index contributed by atoms with van der Waals surface area (Å²) >= 11 is 0. The highest BCUT2D eigenvalue weighted by Crippen LogP contribution is 2.16. The SMILES string of the molecule is CC(C)CN(CC1CN(C(=O)c2ccc(F)cc2)CCO1)C(=O)c1ccccc1F. The number of rotatable bonds is 6. The summed E-state index contributed by atoms with van der Waals surface area (Å²) in [5.41, 5.74) is 0.423. The Kier molecular flexibility index (Phi) is 7.15. The summed E-state index contributed by atoms with van der Waals surface area (Å²) in [6.07, 6.45) is -0.391. The molecule has 30 heavy (non-hydrogen) atoms. The maximum atomic E-state index is 14.1. The molecule has 0 aromatic heterocycles. The van der Waals surface area contributed by atoms with E-state index in [1.165, 1.54) is 36.4 Å². The first kappa shape index (κ1) is 21.9. The largest absolute Gasteiger partial charge is 0.373 e. The molecule has 0 bridgehead atoms. The van der Waals surface area contributed by atoms with Crippen molar-refractivity contribution in [2.45, 2.75) is 20.0 Å². The van der Waals surface area contributed by atoms with Gasteiger partial charge in [0, 0.05) is 31.7 Å². The Morgan fingerprint density at radius 3 is 2.50 bits per heavy atom. The summed E-state index contributed by atoms with van der Waals surface area (Å²) in [6, 6.07) is 11.3. The molecule has 3 rings (SSSR count). The molecule has 2 aromatic carbocycles. The van der Waals surface area contributed by atoms with E-state index in [9.17, 15) is 18.4 Å². The lowest BCUT2D eigenvalue weighted by molar-refractivity contribution is -0.0340. The number of hydrogen-bond acceptors (Lipinski definition) is 3. The van der Waals surface area contributed by atoms with Crippen molar-refractivity contribution < 1.29 is 23.1 Å². The fourth-order valence-electron chi connectivity index (χ4n) is 3.52. The standard InChI is InChI=1S/C23H26F2N2O3/c1-16(2)13-27(23(29)20-5-3-4-6-21(20)25)15-19-14-26(11-12-30-19)22(28)17-7-9-18(24)10-8-17/h3-10,16,19H,11-15H2,1-2H3. The molecule has 2 amide bonds. The molecule has 0 N–H and O–H groups in total. The van der Waals surface area contributed by atoms with Crippen molar-refractivity contribution in [3.8, 4) is 0 Å². The van der Waals surface area contributed by atoms with Gasteiger partial charge in [0.2, 0.25) is 0 Å². The first-order chi connectivity index (χ1) is 14.3. The second kappa shape index (κ2) is 9.80. The normalized spacial score (nSPS) is 16.6. The highest BCUT2D eigenvalue weighted by atomic mass is 19.1. The number of morpholine rings is 1. The Hall–Kier alpha value is -2.80. The summed E-state index contributed by atoms with van der Waals surface area (Å²) < 4.78 is 33.1. The van der Waals surface area contributed by atoms with Crippen LogP contribution in [0.4, 0.5) is 8.78 Å². The Morgan fingerprint density at radius 2 is 1.83 bits per heavy atom. The van der Waals surface area contributed by atoms with Crippen LogP contribution in [-0.4, -0.2) is 60.5 Å². The van der Waals surface area contributed by atoms with Crippen LogP contribution < -0.4 is 0 Å². The minimum atomic E-state index is -0.561. The highest BCUT2D eigenvalue weighted by Gasteiger charge is 2.29. The van der Waals surface area contributed by atoms with Crippen molar-refractivity contribution in [3.05, 3.63) is 71.3 Å². The third-order valence-corrected chi connectivity index (χ3v) is 4.92. The van der Waals surface area contributed by atoms with Crippen molar-refractivity contribution in [2.24, 2.45) is 5.92 Å². The average Bonchev–Trinajstić information content (AvgIpc) is 2.73. The maximum Gasteiger partial charge on any atom is 0.256 e. The summed E-state index contributed by atoms with van der Waals surface area (Å²) in [6.45, 7) is 5.70. The molecule has 7 heteroatoms. The molecule has 160 valence electrons. The predicted octanol–water partition coefficient (Wildman–Crippen LogP) is 3.60. The second-order valence-electron chi connectivity index (χ2n) is 7.83. The summed E-state index contributed by atoms with van der Waals surface area (Å²) in [5, 5.41) is 0. The van der Waals surface area contributed by atoms with Gasteiger partial charge in [-0.3, -0.25) is 9.59 Å². The molecule has 0 aliphatic carbocycles. The number of amides is 2. The second-order valence-corrected chi connectivity index (χ2v) is 7.83. The third kappa shape index (κ3) is 5.42. The molecule has 1 fully saturated rings. The molecule has 1 unspecified atom stereocenters. The molecule has 1 aliphatic rings. The van der Waals surface area contributed by atoms with E-state index in [4.69, 9.17) is 4.74 Å². The van der Waals surface area contributed by atoms with Crippen LogP contribution in [0.1, 0.15) is 34.6 Å². The zero-order valence-electron chi connectivity index (χ0n) is 17.2. The molecular formula is C23H26F2N2O3. The van der Waals surface area contributed by atoms with Gasteiger partial charge in [-0.2, -0.15) is 0 Å². The van der Waals surface area contributed by atoms with Crippen LogP contribution in [0.3, 0.4) is 0 Å². The van der Waals surface area contributed by atoms with E-state index in [1.807, 2.05) is 13.8 Å². The fraction of sp³-hybridized carbons (Fsp3) is 0.391. The first-order valence-electron chi connectivity index (χ1n) is 10.1. The van der Waals surface area contributed by atoms with Crippen LogP contribution in [0.5, 0.6) is 0 Å². The number of halogens is 2. The lowest BCUT2D eigenvalue weighted by Gasteiger charge is -2.36. The molecule has 0 saturated carbocycles. The van der Waals surface area contributed by atoms with Crippen molar-refractivity contribution >= 4 is 11.8 Å². The highest BCUT2D eigenvalue weighted by molar-refractivity contribution is 5.95. The molecule has 5 nitrogen and oxygen atoms in total. The van der Waals surface area contributed by atoms with Crippen LogP contribution in [0, 0.1) is 17.6 Å². The van der Waals surface area contributed by atoms with Gasteiger partial charge in [-0.1, -0.05) is 26.0 Å². The molecule has 0 spiro atoms. The topological polar surface area (TPSA) is 49.9 Å². The third-order valence-electron chi connectivity index (χ3n) is 4.92. The smallest absolute Gasteiger partial charge is 0.256 e. The van der Waals surface area contributed by atoms with E-state index in [2.05, 4.69) is 0 Å². The van der Waals surface area contributed by atoms with Crippen molar-refractivity contribution in [2.75, 3.05) is 32.8 Å². The lowest BCUT2D eigenvalue weighted by atomic mass is 10.1. The van der Waals surface area contributed by atoms with Gasteiger partial charge in [-0.05, 0) is 42.3 Å². The molecule has 1 atom stereocenters. The molecule has 1 aliphatic heterocycles. The van der Waals surface area contributed by atoms with Crippen LogP contribution in [0.2, 0.25) is 0 Å². The molecule has 0 radical (unpaired) electrons. The lowest BCUT2D eigenvalue weighted by Crippen LogP contribution is -2.51. The number of ether oxygens (including phenoxy) is 1. The van der Waals surface area contributed by atoms with E-state index in [0.717, 1.165) is 0 Å². The summed E-state index contributed by atoms with van der Waals surface area (Å²) in [7, 11) is 0. The van der Waals surface area contributed by atoms with Crippen LogP contribution >= 0.6 is 0 Å². The first-order valence-corrected chi connectivity index (χ1v) is 10.1.